The van der Waals surface area contributed by atoms with Crippen LogP contribution < -0.4 is 5.32 Å². The van der Waals surface area contributed by atoms with Crippen LogP contribution in [-0.2, 0) is 16.0 Å². The van der Waals surface area contributed by atoms with Crippen molar-refractivity contribution in [1.82, 2.24) is 4.98 Å². The lowest BCUT2D eigenvalue weighted by molar-refractivity contribution is -0.137. The van der Waals surface area contributed by atoms with Gasteiger partial charge in [0.15, 0.2) is 5.13 Å². The van der Waals surface area contributed by atoms with E-state index in [0.717, 1.165) is 5.69 Å². The van der Waals surface area contributed by atoms with Gasteiger partial charge in [-0.15, -0.1) is 11.3 Å². The van der Waals surface area contributed by atoms with Gasteiger partial charge in [0, 0.05) is 18.2 Å². The zero-order valence-electron chi connectivity index (χ0n) is 11.5. The number of carbonyl (C=O) groups excluding carboxylic acids is 1. The summed E-state index contributed by atoms with van der Waals surface area (Å²) in [6.07, 6.45) is 1.77. The van der Waals surface area contributed by atoms with Crippen LogP contribution in [0.2, 0.25) is 0 Å². The monoisotopic (exact) mass is 284 g/mol. The van der Waals surface area contributed by atoms with Crippen LogP contribution in [0.4, 0.5) is 5.13 Å². The molecule has 0 spiro atoms. The van der Waals surface area contributed by atoms with E-state index < -0.39 is 5.97 Å². The Morgan fingerprint density at radius 2 is 2.11 bits per heavy atom. The number of rotatable bonds is 6. The van der Waals surface area contributed by atoms with Crippen molar-refractivity contribution >= 4 is 28.3 Å². The molecule has 5 nitrogen and oxygen atoms in total. The Morgan fingerprint density at radius 3 is 2.68 bits per heavy atom. The van der Waals surface area contributed by atoms with Gasteiger partial charge in [-0.2, -0.15) is 0 Å². The van der Waals surface area contributed by atoms with Gasteiger partial charge in [0.25, 0.3) is 0 Å². The van der Waals surface area contributed by atoms with Crippen LogP contribution in [0.1, 0.15) is 45.7 Å². The van der Waals surface area contributed by atoms with Crippen molar-refractivity contribution in [3.8, 4) is 0 Å². The minimum absolute atomic E-state index is 0.0427. The van der Waals surface area contributed by atoms with Crippen molar-refractivity contribution in [2.45, 2.75) is 46.5 Å². The number of hydrogen-bond donors (Lipinski definition) is 2. The molecule has 0 aromatic carbocycles. The Morgan fingerprint density at radius 1 is 1.42 bits per heavy atom. The van der Waals surface area contributed by atoms with Crippen molar-refractivity contribution in [3.05, 3.63) is 11.1 Å². The van der Waals surface area contributed by atoms with Gasteiger partial charge in [0.1, 0.15) is 0 Å². The molecule has 1 rings (SSSR count). The fourth-order valence-corrected chi connectivity index (χ4v) is 2.31. The lowest BCUT2D eigenvalue weighted by Gasteiger charge is -2.16. The van der Waals surface area contributed by atoms with E-state index in [2.05, 4.69) is 10.3 Å². The summed E-state index contributed by atoms with van der Waals surface area (Å²) in [7, 11) is 0. The van der Waals surface area contributed by atoms with Crippen molar-refractivity contribution < 1.29 is 14.7 Å². The number of carboxylic acid groups (broad SMARTS) is 1. The Kier molecular flexibility index (Phi) is 5.47. The van der Waals surface area contributed by atoms with Crippen molar-refractivity contribution in [1.29, 1.82) is 0 Å². The minimum Gasteiger partial charge on any atom is -0.481 e. The molecule has 0 atom stereocenters. The zero-order chi connectivity index (χ0) is 14.5. The number of hydrogen-bond acceptors (Lipinski definition) is 4. The number of aromatic nitrogens is 1. The van der Waals surface area contributed by atoms with Crippen LogP contribution in [0, 0.1) is 5.41 Å². The molecule has 0 unspecified atom stereocenters. The summed E-state index contributed by atoms with van der Waals surface area (Å²) in [5.41, 5.74) is 0.781. The van der Waals surface area contributed by atoms with Crippen LogP contribution in [0.3, 0.4) is 0 Å². The van der Waals surface area contributed by atoms with Crippen LogP contribution in [0.5, 0.6) is 0 Å². The van der Waals surface area contributed by atoms with Gasteiger partial charge in [-0.25, -0.2) is 4.98 Å². The van der Waals surface area contributed by atoms with Gasteiger partial charge in [-0.3, -0.25) is 9.59 Å². The molecule has 0 bridgehead atoms. The second-order valence-electron chi connectivity index (χ2n) is 5.68. The molecule has 0 radical (unpaired) electrons. The number of aliphatic carboxylic acids is 1. The van der Waals surface area contributed by atoms with Crippen molar-refractivity contribution in [2.24, 2.45) is 5.41 Å². The smallest absolute Gasteiger partial charge is 0.303 e. The molecule has 1 aromatic heterocycles. The molecule has 2 N–H and O–H groups in total. The number of nitrogens with one attached hydrogen (secondary N) is 1. The molecule has 0 aliphatic rings. The summed E-state index contributed by atoms with van der Waals surface area (Å²) in [6, 6.07) is 0. The van der Waals surface area contributed by atoms with E-state index in [4.69, 9.17) is 5.11 Å². The molecule has 0 fully saturated rings. The van der Waals surface area contributed by atoms with Crippen molar-refractivity contribution in [3.63, 3.8) is 0 Å². The highest BCUT2D eigenvalue weighted by Crippen LogP contribution is 2.21. The molecule has 0 aliphatic heterocycles. The molecule has 19 heavy (non-hydrogen) atoms. The maximum absolute atomic E-state index is 11.7. The normalized spacial score (nSPS) is 11.3. The Bertz CT molecular complexity index is 449. The van der Waals surface area contributed by atoms with E-state index in [1.54, 1.807) is 0 Å². The molecule has 6 heteroatoms. The van der Waals surface area contributed by atoms with Gasteiger partial charge in [-0.1, -0.05) is 20.8 Å². The summed E-state index contributed by atoms with van der Waals surface area (Å²) in [4.78, 5) is 26.4. The average molecular weight is 284 g/mol. The highest BCUT2D eigenvalue weighted by molar-refractivity contribution is 7.13. The summed E-state index contributed by atoms with van der Waals surface area (Å²) < 4.78 is 0. The predicted octanol–water partition coefficient (Wildman–Crippen LogP) is 2.93. The number of carbonyl (C=O) groups is 2. The molecule has 1 heterocycles. The number of aryl methyl sites for hydroxylation is 1. The molecule has 1 amide bonds. The average Bonchev–Trinajstić information content (AvgIpc) is 2.61. The fourth-order valence-electron chi connectivity index (χ4n) is 1.55. The molecule has 0 aliphatic carbocycles. The standard InChI is InChI=1S/C13H20N2O3S/c1-13(2,3)7-10(16)15-12-14-9(8-19-12)5-4-6-11(17)18/h8H,4-7H2,1-3H3,(H,17,18)(H,14,15,16). The summed E-state index contributed by atoms with van der Waals surface area (Å²) in [5, 5.41) is 13.8. The Labute approximate surface area is 117 Å². The lowest BCUT2D eigenvalue weighted by atomic mass is 9.92. The van der Waals surface area contributed by atoms with Crippen LogP contribution in [-0.4, -0.2) is 22.0 Å². The molecule has 0 saturated carbocycles. The van der Waals surface area contributed by atoms with E-state index in [9.17, 15) is 9.59 Å². The maximum atomic E-state index is 11.7. The van der Waals surface area contributed by atoms with Crippen molar-refractivity contribution in [2.75, 3.05) is 5.32 Å². The molecule has 1 aromatic rings. The Hall–Kier alpha value is -1.43. The van der Waals surface area contributed by atoms with E-state index >= 15 is 0 Å². The Balaban J connectivity index is 2.42. The summed E-state index contributed by atoms with van der Waals surface area (Å²) in [5.74, 6) is -0.840. The minimum atomic E-state index is -0.797. The van der Waals surface area contributed by atoms with E-state index in [0.29, 0.717) is 24.4 Å². The van der Waals surface area contributed by atoms with Crippen LogP contribution in [0.25, 0.3) is 0 Å². The maximum Gasteiger partial charge on any atom is 0.303 e. The predicted molar refractivity (Wildman–Crippen MR) is 75.4 cm³/mol. The van der Waals surface area contributed by atoms with Gasteiger partial charge >= 0.3 is 5.97 Å². The zero-order valence-corrected chi connectivity index (χ0v) is 12.3. The highest BCUT2D eigenvalue weighted by atomic mass is 32.1. The van der Waals surface area contributed by atoms with Gasteiger partial charge < -0.3 is 10.4 Å². The van der Waals surface area contributed by atoms with Gasteiger partial charge in [0.2, 0.25) is 5.91 Å². The molecular formula is C13H20N2O3S. The number of carboxylic acids is 1. The second-order valence-corrected chi connectivity index (χ2v) is 6.54. The number of thiazole rings is 1. The third-order valence-electron chi connectivity index (χ3n) is 2.31. The van der Waals surface area contributed by atoms with Crippen LogP contribution >= 0.6 is 11.3 Å². The van der Waals surface area contributed by atoms with E-state index in [-0.39, 0.29) is 17.7 Å². The highest BCUT2D eigenvalue weighted by Gasteiger charge is 2.16. The molecular weight excluding hydrogens is 264 g/mol. The number of amides is 1. The first-order valence-corrected chi connectivity index (χ1v) is 7.10. The topological polar surface area (TPSA) is 79.3 Å². The largest absolute Gasteiger partial charge is 0.481 e. The van der Waals surface area contributed by atoms with Crippen LogP contribution in [0.15, 0.2) is 5.38 Å². The summed E-state index contributed by atoms with van der Waals surface area (Å²) in [6.45, 7) is 6.02. The molecule has 106 valence electrons. The first kappa shape index (κ1) is 15.6. The third-order valence-corrected chi connectivity index (χ3v) is 3.12. The third kappa shape index (κ3) is 6.91. The quantitative estimate of drug-likeness (QED) is 0.841. The van der Waals surface area contributed by atoms with E-state index in [1.165, 1.54) is 11.3 Å². The lowest BCUT2D eigenvalue weighted by Crippen LogP contribution is -2.19. The SMILES string of the molecule is CC(C)(C)CC(=O)Nc1nc(CCCC(=O)O)cs1. The van der Waals surface area contributed by atoms with Gasteiger partial charge in [-0.05, 0) is 18.3 Å². The first-order valence-electron chi connectivity index (χ1n) is 6.22. The van der Waals surface area contributed by atoms with E-state index in [1.807, 2.05) is 26.2 Å². The fraction of sp³-hybridized carbons (Fsp3) is 0.615. The molecule has 0 saturated heterocycles. The summed E-state index contributed by atoms with van der Waals surface area (Å²) >= 11 is 1.37. The van der Waals surface area contributed by atoms with Gasteiger partial charge in [0.05, 0.1) is 5.69 Å². The number of nitrogens with zero attached hydrogens (tertiary/aromatic N) is 1. The first-order chi connectivity index (χ1) is 8.76. The second kappa shape index (κ2) is 6.65. The number of anilines is 1.